The second kappa shape index (κ2) is 2.56. The molecule has 0 saturated heterocycles. The highest BCUT2D eigenvalue weighted by atomic mass is 16.6. The second-order valence-corrected chi connectivity index (χ2v) is 1.96. The number of esters is 1. The maximum absolute atomic E-state index is 10.8. The van der Waals surface area contributed by atoms with Gasteiger partial charge in [-0.25, -0.2) is 0 Å². The molecule has 1 aliphatic heterocycles. The van der Waals surface area contributed by atoms with E-state index in [1.807, 2.05) is 0 Å². The molecule has 3 heteroatoms. The average Bonchev–Trinajstić information content (AvgIpc) is 2.68. The molecule has 0 radical (unpaired) electrons. The number of rotatable bonds is 3. The maximum atomic E-state index is 10.8. The first-order valence-corrected chi connectivity index (χ1v) is 2.94. The minimum absolute atomic E-state index is 0.294. The van der Waals surface area contributed by atoms with Crippen LogP contribution < -0.4 is 0 Å². The lowest BCUT2D eigenvalue weighted by Crippen LogP contribution is -2.10. The van der Waals surface area contributed by atoms with Crippen LogP contribution in [0.2, 0.25) is 0 Å². The van der Waals surface area contributed by atoms with Crippen molar-refractivity contribution < 1.29 is 14.3 Å². The van der Waals surface area contributed by atoms with Gasteiger partial charge in [-0.3, -0.25) is 4.79 Å². The van der Waals surface area contributed by atoms with Crippen LogP contribution in [0.5, 0.6) is 0 Å². The van der Waals surface area contributed by atoms with Crippen LogP contribution in [0.25, 0.3) is 0 Å². The van der Waals surface area contributed by atoms with E-state index in [9.17, 15) is 4.79 Å². The molecule has 0 aromatic heterocycles. The Morgan fingerprint density at radius 2 is 2.60 bits per heavy atom. The smallest absolute Gasteiger partial charge is 0.321 e. The molecule has 0 bridgehead atoms. The second-order valence-electron chi connectivity index (χ2n) is 1.96. The molecule has 0 amide bonds. The van der Waals surface area contributed by atoms with E-state index < -0.39 is 0 Å². The van der Waals surface area contributed by atoms with E-state index in [0.29, 0.717) is 5.76 Å². The quantitative estimate of drug-likeness (QED) is 0.436. The summed E-state index contributed by atoms with van der Waals surface area (Å²) < 4.78 is 9.20. The summed E-state index contributed by atoms with van der Waals surface area (Å²) >= 11 is 0. The summed E-state index contributed by atoms with van der Waals surface area (Å²) in [5.74, 6) is 0.0450. The van der Waals surface area contributed by atoms with Crippen LogP contribution in [-0.2, 0) is 14.3 Å². The maximum Gasteiger partial charge on any atom is 0.321 e. The summed E-state index contributed by atoms with van der Waals surface area (Å²) in [5, 5.41) is 0. The summed E-state index contributed by atoms with van der Waals surface area (Å²) in [6.45, 7) is 4.97. The number of hydrogen-bond acceptors (Lipinski definition) is 3. The van der Waals surface area contributed by atoms with Gasteiger partial charge >= 0.3 is 5.97 Å². The first kappa shape index (κ1) is 6.86. The molecule has 3 nitrogen and oxygen atoms in total. The fourth-order valence-electron chi connectivity index (χ4n) is 0.538. The molecule has 1 aliphatic rings. The van der Waals surface area contributed by atoms with Gasteiger partial charge < -0.3 is 9.47 Å². The third-order valence-electron chi connectivity index (χ3n) is 1.23. The van der Waals surface area contributed by atoms with Crippen molar-refractivity contribution >= 4 is 5.97 Å². The van der Waals surface area contributed by atoms with Crippen molar-refractivity contribution in [1.82, 2.24) is 0 Å². The van der Waals surface area contributed by atoms with E-state index in [1.54, 1.807) is 6.92 Å². The molecule has 0 aromatic carbocycles. The Labute approximate surface area is 58.9 Å². The monoisotopic (exact) mass is 140 g/mol. The standard InChI is InChI=1S/C7H8O3/c1-3-9-7(8)5(2)6-4-10-6/h3-5H,1H2,2H3. The molecule has 0 saturated carbocycles. The Bertz CT molecular complexity index is 193. The van der Waals surface area contributed by atoms with Crippen molar-refractivity contribution in [2.45, 2.75) is 6.92 Å². The lowest BCUT2D eigenvalue weighted by atomic mass is 10.2. The molecule has 0 N–H and O–H groups in total. The highest BCUT2D eigenvalue weighted by Crippen LogP contribution is 2.24. The zero-order valence-electron chi connectivity index (χ0n) is 5.66. The minimum atomic E-state index is -0.334. The number of hydrogen-bond donors (Lipinski definition) is 0. The number of ether oxygens (including phenoxy) is 2. The van der Waals surface area contributed by atoms with Gasteiger partial charge in [0.1, 0.15) is 12.2 Å². The van der Waals surface area contributed by atoms with Crippen LogP contribution in [0.3, 0.4) is 0 Å². The van der Waals surface area contributed by atoms with Gasteiger partial charge in [0.05, 0.1) is 6.26 Å². The van der Waals surface area contributed by atoms with E-state index in [2.05, 4.69) is 11.3 Å². The molecule has 1 unspecified atom stereocenters. The Morgan fingerprint density at radius 3 is 3.00 bits per heavy atom. The zero-order chi connectivity index (χ0) is 7.56. The highest BCUT2D eigenvalue weighted by Gasteiger charge is 2.26. The molecule has 0 aromatic rings. The number of carbonyl (C=O) groups is 1. The summed E-state index contributed by atoms with van der Waals surface area (Å²) in [4.78, 5) is 10.8. The number of carbonyl (C=O) groups excluding carboxylic acids is 1. The molecular formula is C7H8O3. The van der Waals surface area contributed by atoms with E-state index >= 15 is 0 Å². The Kier molecular flexibility index (Phi) is 1.76. The Hall–Kier alpha value is -1.25. The first-order valence-electron chi connectivity index (χ1n) is 2.94. The van der Waals surface area contributed by atoms with Crippen LogP contribution in [0.4, 0.5) is 0 Å². The van der Waals surface area contributed by atoms with Crippen molar-refractivity contribution in [2.24, 2.45) is 5.92 Å². The van der Waals surface area contributed by atoms with Gasteiger partial charge in [-0.15, -0.1) is 0 Å². The van der Waals surface area contributed by atoms with Crippen molar-refractivity contribution in [3.8, 4) is 0 Å². The first-order chi connectivity index (χ1) is 4.75. The third kappa shape index (κ3) is 1.37. The zero-order valence-corrected chi connectivity index (χ0v) is 5.66. The minimum Gasteiger partial charge on any atom is -0.462 e. The van der Waals surface area contributed by atoms with Crippen LogP contribution in [-0.4, -0.2) is 5.97 Å². The highest BCUT2D eigenvalue weighted by molar-refractivity contribution is 5.75. The third-order valence-corrected chi connectivity index (χ3v) is 1.23. The molecule has 0 fully saturated rings. The van der Waals surface area contributed by atoms with E-state index in [1.165, 1.54) is 6.26 Å². The van der Waals surface area contributed by atoms with Crippen LogP contribution in [0.15, 0.2) is 24.9 Å². The lowest BCUT2D eigenvalue weighted by molar-refractivity contribution is -0.141. The van der Waals surface area contributed by atoms with Gasteiger partial charge in [0.25, 0.3) is 0 Å². The summed E-state index contributed by atoms with van der Waals surface area (Å²) in [5.41, 5.74) is 0. The predicted molar refractivity (Wildman–Crippen MR) is 34.6 cm³/mol. The van der Waals surface area contributed by atoms with E-state index in [4.69, 9.17) is 4.74 Å². The lowest BCUT2D eigenvalue weighted by Gasteiger charge is -2.00. The molecule has 10 heavy (non-hydrogen) atoms. The Morgan fingerprint density at radius 1 is 2.00 bits per heavy atom. The normalized spacial score (nSPS) is 16.3. The fourth-order valence-corrected chi connectivity index (χ4v) is 0.538. The van der Waals surface area contributed by atoms with Gasteiger partial charge in [-0.05, 0) is 6.92 Å². The van der Waals surface area contributed by atoms with Gasteiger partial charge in [0.15, 0.2) is 5.76 Å². The van der Waals surface area contributed by atoms with Crippen molar-refractivity contribution in [3.63, 3.8) is 0 Å². The SMILES string of the molecule is C=COC(=O)C(C)C1=CO1. The molecule has 0 aliphatic carbocycles. The van der Waals surface area contributed by atoms with Gasteiger partial charge in [0.2, 0.25) is 0 Å². The van der Waals surface area contributed by atoms with Crippen LogP contribution in [0.1, 0.15) is 6.92 Å². The largest absolute Gasteiger partial charge is 0.462 e. The van der Waals surface area contributed by atoms with Crippen LogP contribution in [0, 0.1) is 5.92 Å². The molecule has 1 heterocycles. The predicted octanol–water partition coefficient (Wildman–Crippen LogP) is 1.18. The molecule has 1 rings (SSSR count). The van der Waals surface area contributed by atoms with Gasteiger partial charge in [-0.2, -0.15) is 0 Å². The summed E-state index contributed by atoms with van der Waals surface area (Å²) in [7, 11) is 0. The van der Waals surface area contributed by atoms with Crippen molar-refractivity contribution in [1.29, 1.82) is 0 Å². The van der Waals surface area contributed by atoms with Crippen molar-refractivity contribution in [2.75, 3.05) is 0 Å². The van der Waals surface area contributed by atoms with Crippen molar-refractivity contribution in [3.05, 3.63) is 24.9 Å². The fraction of sp³-hybridized carbons (Fsp3) is 0.286. The summed E-state index contributed by atoms with van der Waals surface area (Å²) in [6, 6.07) is 0. The van der Waals surface area contributed by atoms with Crippen LogP contribution >= 0.6 is 0 Å². The van der Waals surface area contributed by atoms with Gasteiger partial charge in [-0.1, -0.05) is 6.58 Å². The Balaban J connectivity index is 2.38. The average molecular weight is 140 g/mol. The molecule has 0 spiro atoms. The molecular weight excluding hydrogens is 132 g/mol. The topological polar surface area (TPSA) is 38.8 Å². The molecule has 1 atom stereocenters. The van der Waals surface area contributed by atoms with Gasteiger partial charge in [0, 0.05) is 0 Å². The summed E-state index contributed by atoms with van der Waals surface area (Å²) in [6.07, 6.45) is 2.64. The molecule has 54 valence electrons. The van der Waals surface area contributed by atoms with E-state index in [-0.39, 0.29) is 11.9 Å². The van der Waals surface area contributed by atoms with E-state index in [0.717, 1.165) is 6.26 Å².